The van der Waals surface area contributed by atoms with Gasteiger partial charge in [-0.15, -0.1) is 0 Å². The van der Waals surface area contributed by atoms with E-state index in [4.69, 9.17) is 5.41 Å². The molecule has 4 nitrogen and oxygen atoms in total. The Balaban J connectivity index is 2.78. The Morgan fingerprint density at radius 1 is 1.60 bits per heavy atom. The fourth-order valence-corrected chi connectivity index (χ4v) is 0.670. The van der Waals surface area contributed by atoms with Gasteiger partial charge in [0.05, 0.1) is 0 Å². The quantitative estimate of drug-likeness (QED) is 0.511. The van der Waals surface area contributed by atoms with Gasteiger partial charge in [0, 0.05) is 12.4 Å². The molecule has 1 aliphatic heterocycles. The SMILES string of the molecule is CC=NC1=NCN=C1C=N. The normalized spacial score (nSPS) is 17.3. The summed E-state index contributed by atoms with van der Waals surface area (Å²) in [5, 5.41) is 6.90. The summed E-state index contributed by atoms with van der Waals surface area (Å²) in [6.45, 7) is 2.22. The molecule has 1 N–H and O–H groups in total. The van der Waals surface area contributed by atoms with Crippen LogP contribution in [0.15, 0.2) is 15.0 Å². The Morgan fingerprint density at radius 3 is 3.00 bits per heavy atom. The van der Waals surface area contributed by atoms with Gasteiger partial charge >= 0.3 is 0 Å². The molecule has 1 heterocycles. The van der Waals surface area contributed by atoms with Gasteiger partial charge in [0.15, 0.2) is 5.84 Å². The molecule has 0 atom stereocenters. The molecule has 0 bridgehead atoms. The van der Waals surface area contributed by atoms with E-state index in [2.05, 4.69) is 15.0 Å². The van der Waals surface area contributed by atoms with Gasteiger partial charge in [-0.05, 0) is 6.92 Å². The maximum Gasteiger partial charge on any atom is 0.176 e. The van der Waals surface area contributed by atoms with E-state index in [1.807, 2.05) is 6.92 Å². The third kappa shape index (κ3) is 1.15. The monoisotopic (exact) mass is 136 g/mol. The average molecular weight is 136 g/mol. The molecular formula is C6H8N4. The highest BCUT2D eigenvalue weighted by atomic mass is 15.1. The van der Waals surface area contributed by atoms with Crippen LogP contribution in [0.5, 0.6) is 0 Å². The van der Waals surface area contributed by atoms with E-state index < -0.39 is 0 Å². The van der Waals surface area contributed by atoms with E-state index in [0.717, 1.165) is 0 Å². The number of nitrogens with one attached hydrogen (secondary N) is 1. The number of nitrogens with zero attached hydrogens (tertiary/aromatic N) is 3. The molecule has 52 valence electrons. The van der Waals surface area contributed by atoms with Crippen LogP contribution < -0.4 is 0 Å². The number of amidine groups is 1. The van der Waals surface area contributed by atoms with Gasteiger partial charge in [0.2, 0.25) is 0 Å². The predicted molar refractivity (Wildman–Crippen MR) is 42.7 cm³/mol. The van der Waals surface area contributed by atoms with Crippen molar-refractivity contribution in [2.45, 2.75) is 6.92 Å². The van der Waals surface area contributed by atoms with E-state index in [1.54, 1.807) is 6.21 Å². The fraction of sp³-hybridized carbons (Fsp3) is 0.333. The van der Waals surface area contributed by atoms with Gasteiger partial charge in [-0.2, -0.15) is 0 Å². The van der Waals surface area contributed by atoms with Gasteiger partial charge in [-0.25, -0.2) is 9.98 Å². The zero-order valence-electron chi connectivity index (χ0n) is 5.70. The number of hydrogen-bond acceptors (Lipinski definition) is 4. The van der Waals surface area contributed by atoms with Gasteiger partial charge in [0.1, 0.15) is 12.4 Å². The van der Waals surface area contributed by atoms with Crippen molar-refractivity contribution in [3.63, 3.8) is 0 Å². The van der Waals surface area contributed by atoms with Crippen molar-refractivity contribution >= 4 is 24.0 Å². The Morgan fingerprint density at radius 2 is 2.40 bits per heavy atom. The van der Waals surface area contributed by atoms with Gasteiger partial charge < -0.3 is 5.41 Å². The van der Waals surface area contributed by atoms with Crippen LogP contribution in [0, 0.1) is 5.41 Å². The zero-order valence-corrected chi connectivity index (χ0v) is 5.70. The first-order chi connectivity index (χ1) is 4.88. The first kappa shape index (κ1) is 6.80. The minimum Gasteiger partial charge on any atom is -0.306 e. The van der Waals surface area contributed by atoms with Crippen LogP contribution >= 0.6 is 0 Å². The van der Waals surface area contributed by atoms with Crippen molar-refractivity contribution in [2.75, 3.05) is 6.67 Å². The van der Waals surface area contributed by atoms with E-state index in [9.17, 15) is 0 Å². The average Bonchev–Trinajstić information content (AvgIpc) is 2.36. The smallest absolute Gasteiger partial charge is 0.176 e. The van der Waals surface area contributed by atoms with Crippen LogP contribution in [0.2, 0.25) is 0 Å². The molecule has 1 rings (SSSR count). The van der Waals surface area contributed by atoms with E-state index in [1.165, 1.54) is 6.21 Å². The van der Waals surface area contributed by atoms with Crippen molar-refractivity contribution in [1.82, 2.24) is 0 Å². The predicted octanol–water partition coefficient (Wildman–Crippen LogP) is 0.537. The molecule has 0 unspecified atom stereocenters. The molecule has 0 amide bonds. The van der Waals surface area contributed by atoms with Crippen LogP contribution in [-0.2, 0) is 0 Å². The van der Waals surface area contributed by atoms with Crippen molar-refractivity contribution < 1.29 is 0 Å². The highest BCUT2D eigenvalue weighted by molar-refractivity contribution is 6.63. The maximum atomic E-state index is 6.90. The molecule has 4 heteroatoms. The first-order valence-corrected chi connectivity index (χ1v) is 2.97. The second-order valence-electron chi connectivity index (χ2n) is 1.70. The Labute approximate surface area is 58.9 Å². The zero-order chi connectivity index (χ0) is 7.40. The molecule has 0 aromatic rings. The van der Waals surface area contributed by atoms with E-state index >= 15 is 0 Å². The molecule has 10 heavy (non-hydrogen) atoms. The van der Waals surface area contributed by atoms with Crippen molar-refractivity contribution in [3.05, 3.63) is 0 Å². The molecule has 0 aromatic heterocycles. The molecule has 0 spiro atoms. The highest BCUT2D eigenvalue weighted by Gasteiger charge is 2.07. The number of hydrogen-bond donors (Lipinski definition) is 1. The van der Waals surface area contributed by atoms with Crippen LogP contribution in [0.3, 0.4) is 0 Å². The molecule has 0 radical (unpaired) electrons. The highest BCUT2D eigenvalue weighted by Crippen LogP contribution is 1.94. The Hall–Kier alpha value is -1.32. The lowest BCUT2D eigenvalue weighted by Gasteiger charge is -1.87. The molecular weight excluding hydrogens is 128 g/mol. The summed E-state index contributed by atoms with van der Waals surface area (Å²) in [5.41, 5.74) is 0.568. The van der Waals surface area contributed by atoms with Gasteiger partial charge in [-0.1, -0.05) is 0 Å². The minimum absolute atomic E-state index is 0.414. The lowest BCUT2D eigenvalue weighted by atomic mass is 10.4. The van der Waals surface area contributed by atoms with Gasteiger partial charge in [0.25, 0.3) is 0 Å². The summed E-state index contributed by atoms with van der Waals surface area (Å²) in [6.07, 6.45) is 2.81. The second-order valence-corrected chi connectivity index (χ2v) is 1.70. The summed E-state index contributed by atoms with van der Waals surface area (Å²) in [7, 11) is 0. The van der Waals surface area contributed by atoms with Crippen LogP contribution in [0.4, 0.5) is 0 Å². The summed E-state index contributed by atoms with van der Waals surface area (Å²) in [4.78, 5) is 11.8. The summed E-state index contributed by atoms with van der Waals surface area (Å²) in [6, 6.07) is 0. The molecule has 0 fully saturated rings. The third-order valence-corrected chi connectivity index (χ3v) is 1.08. The standard InChI is InChI=1S/C6H8N4/c1-2-8-6-5(3-7)9-4-10-6/h2-3,7H,4H2,1H3. The van der Waals surface area contributed by atoms with Crippen LogP contribution in [0.25, 0.3) is 0 Å². The van der Waals surface area contributed by atoms with Gasteiger partial charge in [-0.3, -0.25) is 4.99 Å². The topological polar surface area (TPSA) is 60.9 Å². The van der Waals surface area contributed by atoms with Crippen molar-refractivity contribution in [3.8, 4) is 0 Å². The van der Waals surface area contributed by atoms with Crippen LogP contribution in [-0.4, -0.2) is 30.6 Å². The Bertz CT molecular complexity index is 224. The molecule has 0 saturated heterocycles. The first-order valence-electron chi connectivity index (χ1n) is 2.97. The Kier molecular flexibility index (Phi) is 2.04. The lowest BCUT2D eigenvalue weighted by Crippen LogP contribution is -2.08. The van der Waals surface area contributed by atoms with Crippen molar-refractivity contribution in [2.24, 2.45) is 15.0 Å². The van der Waals surface area contributed by atoms with E-state index in [0.29, 0.717) is 18.2 Å². The fourth-order valence-electron chi connectivity index (χ4n) is 0.670. The molecule has 1 aliphatic rings. The minimum atomic E-state index is 0.414. The molecule has 0 aromatic carbocycles. The molecule has 0 saturated carbocycles. The number of rotatable bonds is 1. The number of aliphatic imine (C=N–C) groups is 3. The van der Waals surface area contributed by atoms with Crippen molar-refractivity contribution in [1.29, 1.82) is 5.41 Å². The summed E-state index contributed by atoms with van der Waals surface area (Å²) in [5.74, 6) is 0.567. The van der Waals surface area contributed by atoms with Crippen LogP contribution in [0.1, 0.15) is 6.92 Å². The third-order valence-electron chi connectivity index (χ3n) is 1.08. The maximum absolute atomic E-state index is 6.90. The van der Waals surface area contributed by atoms with E-state index in [-0.39, 0.29) is 0 Å². The lowest BCUT2D eigenvalue weighted by molar-refractivity contribution is 1.10. The molecule has 0 aliphatic carbocycles. The summed E-state index contributed by atoms with van der Waals surface area (Å²) < 4.78 is 0. The second kappa shape index (κ2) is 3.00. The summed E-state index contributed by atoms with van der Waals surface area (Å²) >= 11 is 0. The largest absolute Gasteiger partial charge is 0.306 e.